The number of rotatable bonds is 5. The molecule has 0 spiro atoms. The maximum absolute atomic E-state index is 12.5. The summed E-state index contributed by atoms with van der Waals surface area (Å²) in [6.07, 6.45) is 5.74. The predicted molar refractivity (Wildman–Crippen MR) is 107 cm³/mol. The second-order valence-corrected chi connectivity index (χ2v) is 8.73. The molecular formula is C20H20ClN3O3S. The van der Waals surface area contributed by atoms with Crippen molar-refractivity contribution < 1.29 is 14.4 Å². The van der Waals surface area contributed by atoms with Gasteiger partial charge < -0.3 is 5.32 Å². The van der Waals surface area contributed by atoms with Crippen LogP contribution in [0.2, 0.25) is 5.02 Å². The van der Waals surface area contributed by atoms with Gasteiger partial charge >= 0.3 is 0 Å². The van der Waals surface area contributed by atoms with E-state index >= 15 is 0 Å². The molecule has 2 fully saturated rings. The zero-order valence-corrected chi connectivity index (χ0v) is 16.8. The zero-order chi connectivity index (χ0) is 19.7. The fraction of sp³-hybridized carbons (Fsp3) is 0.400. The molecule has 2 aromatic rings. The number of amides is 3. The van der Waals surface area contributed by atoms with E-state index in [1.807, 2.05) is 24.3 Å². The minimum atomic E-state index is -0.404. The molecule has 4 rings (SSSR count). The molecule has 1 aromatic carbocycles. The topological polar surface area (TPSA) is 79.4 Å². The van der Waals surface area contributed by atoms with Crippen molar-refractivity contribution >= 4 is 45.8 Å². The maximum Gasteiger partial charge on any atom is 0.246 e. The lowest BCUT2D eigenvalue weighted by atomic mass is 9.81. The average Bonchev–Trinajstić information content (AvgIpc) is 3.22. The fourth-order valence-electron chi connectivity index (χ4n) is 3.97. The minimum Gasteiger partial charge on any atom is -0.300 e. The molecule has 1 aliphatic heterocycles. The zero-order valence-electron chi connectivity index (χ0n) is 15.2. The van der Waals surface area contributed by atoms with Gasteiger partial charge in [0.05, 0.1) is 11.8 Å². The number of likely N-dealkylation sites (tertiary alicyclic amines) is 1. The molecule has 0 bridgehead atoms. The summed E-state index contributed by atoms with van der Waals surface area (Å²) in [6, 6.07) is 7.58. The quantitative estimate of drug-likeness (QED) is 0.755. The van der Waals surface area contributed by atoms with Crippen LogP contribution >= 0.6 is 22.9 Å². The average molecular weight is 418 g/mol. The number of carbonyl (C=O) groups excluding carboxylic acids is 3. The van der Waals surface area contributed by atoms with Crippen LogP contribution in [0.5, 0.6) is 0 Å². The van der Waals surface area contributed by atoms with E-state index in [1.54, 1.807) is 6.20 Å². The Labute approximate surface area is 171 Å². The van der Waals surface area contributed by atoms with Crippen LogP contribution in [-0.2, 0) is 20.8 Å². The lowest BCUT2D eigenvalue weighted by molar-refractivity contribution is -0.142. The first-order chi connectivity index (χ1) is 13.5. The van der Waals surface area contributed by atoms with Gasteiger partial charge in [-0.2, -0.15) is 0 Å². The second kappa shape index (κ2) is 8.01. The molecule has 2 atom stereocenters. The van der Waals surface area contributed by atoms with Gasteiger partial charge in [-0.1, -0.05) is 42.6 Å². The number of nitrogens with one attached hydrogen (secondary N) is 1. The molecule has 28 heavy (non-hydrogen) atoms. The first-order valence-electron chi connectivity index (χ1n) is 9.36. The number of aromatic nitrogens is 1. The summed E-state index contributed by atoms with van der Waals surface area (Å²) in [7, 11) is 0. The summed E-state index contributed by atoms with van der Waals surface area (Å²) in [5.41, 5.74) is 0.988. The molecule has 3 amide bonds. The fourth-order valence-corrected chi connectivity index (χ4v) is 5.02. The second-order valence-electron chi connectivity index (χ2n) is 7.21. The number of thiazole rings is 1. The third kappa shape index (κ3) is 3.82. The van der Waals surface area contributed by atoms with Crippen molar-refractivity contribution in [2.45, 2.75) is 32.1 Å². The molecule has 146 valence electrons. The highest BCUT2D eigenvalue weighted by Gasteiger charge is 2.48. The number of nitrogens with zero attached hydrogens (tertiary/aromatic N) is 2. The van der Waals surface area contributed by atoms with Gasteiger partial charge in [-0.15, -0.1) is 11.3 Å². The van der Waals surface area contributed by atoms with Crippen molar-refractivity contribution in [2.75, 3.05) is 11.9 Å². The van der Waals surface area contributed by atoms with Gasteiger partial charge in [0.15, 0.2) is 5.13 Å². The SMILES string of the molecule is O=C(CN1C(=O)C2CCCCC2C1=O)Nc1ncc(Cc2ccccc2Cl)s1. The Morgan fingerprint density at radius 3 is 2.54 bits per heavy atom. The van der Waals surface area contributed by atoms with Crippen molar-refractivity contribution in [1.29, 1.82) is 0 Å². The number of hydrogen-bond acceptors (Lipinski definition) is 5. The summed E-state index contributed by atoms with van der Waals surface area (Å²) in [6.45, 7) is -0.246. The van der Waals surface area contributed by atoms with Crippen LogP contribution in [0, 0.1) is 11.8 Å². The molecule has 0 radical (unpaired) electrons. The van der Waals surface area contributed by atoms with Crippen LogP contribution in [0.1, 0.15) is 36.1 Å². The third-order valence-corrected chi connectivity index (χ3v) is 6.64. The number of anilines is 1. The van der Waals surface area contributed by atoms with E-state index in [9.17, 15) is 14.4 Å². The van der Waals surface area contributed by atoms with Gasteiger partial charge in [0.25, 0.3) is 0 Å². The van der Waals surface area contributed by atoms with Crippen molar-refractivity contribution in [2.24, 2.45) is 11.8 Å². The van der Waals surface area contributed by atoms with Crippen LogP contribution < -0.4 is 5.32 Å². The molecule has 1 saturated carbocycles. The molecule has 1 N–H and O–H groups in total. The van der Waals surface area contributed by atoms with E-state index in [-0.39, 0.29) is 30.2 Å². The van der Waals surface area contributed by atoms with E-state index in [4.69, 9.17) is 11.6 Å². The lowest BCUT2D eigenvalue weighted by Crippen LogP contribution is -2.38. The molecule has 6 nitrogen and oxygen atoms in total. The highest BCUT2D eigenvalue weighted by molar-refractivity contribution is 7.15. The molecule has 2 heterocycles. The number of fused-ring (bicyclic) bond motifs is 1. The van der Waals surface area contributed by atoms with Crippen LogP contribution in [0.3, 0.4) is 0 Å². The lowest BCUT2D eigenvalue weighted by Gasteiger charge is -2.19. The molecule has 8 heteroatoms. The minimum absolute atomic E-state index is 0.205. The first kappa shape index (κ1) is 19.1. The van der Waals surface area contributed by atoms with Crippen LogP contribution in [0.4, 0.5) is 5.13 Å². The number of hydrogen-bond donors (Lipinski definition) is 1. The molecule has 1 saturated heterocycles. The Balaban J connectivity index is 1.37. The van der Waals surface area contributed by atoms with E-state index in [1.165, 1.54) is 11.3 Å². The van der Waals surface area contributed by atoms with E-state index in [0.717, 1.165) is 41.0 Å². The van der Waals surface area contributed by atoms with E-state index < -0.39 is 5.91 Å². The predicted octanol–water partition coefficient (Wildman–Crippen LogP) is 3.50. The van der Waals surface area contributed by atoms with Crippen LogP contribution in [-0.4, -0.2) is 34.2 Å². The van der Waals surface area contributed by atoms with Crippen molar-refractivity contribution in [3.05, 3.63) is 45.9 Å². The largest absolute Gasteiger partial charge is 0.300 e. The smallest absolute Gasteiger partial charge is 0.246 e. The summed E-state index contributed by atoms with van der Waals surface area (Å²) in [5.74, 6) is -1.29. The summed E-state index contributed by atoms with van der Waals surface area (Å²) in [5, 5.41) is 3.84. The van der Waals surface area contributed by atoms with Gasteiger partial charge in [0.1, 0.15) is 6.54 Å². The Morgan fingerprint density at radius 1 is 1.18 bits per heavy atom. The van der Waals surface area contributed by atoms with Gasteiger partial charge in [-0.3, -0.25) is 19.3 Å². The number of halogens is 1. The number of benzene rings is 1. The number of imide groups is 1. The summed E-state index contributed by atoms with van der Waals surface area (Å²) >= 11 is 7.54. The Morgan fingerprint density at radius 2 is 1.86 bits per heavy atom. The monoisotopic (exact) mass is 417 g/mol. The third-order valence-electron chi connectivity index (χ3n) is 5.36. The van der Waals surface area contributed by atoms with E-state index in [2.05, 4.69) is 10.3 Å². The van der Waals surface area contributed by atoms with Crippen molar-refractivity contribution in [3.63, 3.8) is 0 Å². The molecule has 2 unspecified atom stereocenters. The first-order valence-corrected chi connectivity index (χ1v) is 10.6. The van der Waals surface area contributed by atoms with Crippen molar-refractivity contribution in [3.8, 4) is 0 Å². The van der Waals surface area contributed by atoms with E-state index in [0.29, 0.717) is 16.6 Å². The standard InChI is InChI=1S/C20H20ClN3O3S/c21-16-8-4-1-5-12(16)9-13-10-22-20(28-13)23-17(25)11-24-18(26)14-6-2-3-7-15(14)19(24)27/h1,4-5,8,10,14-15H,2-3,6-7,9,11H2,(H,22,23,25). The molecular weight excluding hydrogens is 398 g/mol. The van der Waals surface area contributed by atoms with Crippen molar-refractivity contribution in [1.82, 2.24) is 9.88 Å². The summed E-state index contributed by atoms with van der Waals surface area (Å²) in [4.78, 5) is 43.6. The highest BCUT2D eigenvalue weighted by Crippen LogP contribution is 2.37. The Kier molecular flexibility index (Phi) is 5.46. The molecule has 2 aliphatic rings. The van der Waals surface area contributed by atoms with Gasteiger partial charge in [-0.05, 0) is 24.5 Å². The Hall–Kier alpha value is -2.25. The molecule has 1 aliphatic carbocycles. The Bertz CT molecular complexity index is 905. The van der Waals surface area contributed by atoms with Gasteiger partial charge in [0.2, 0.25) is 17.7 Å². The number of carbonyl (C=O) groups is 3. The van der Waals surface area contributed by atoms with Crippen LogP contribution in [0.15, 0.2) is 30.5 Å². The maximum atomic E-state index is 12.5. The molecule has 1 aromatic heterocycles. The highest BCUT2D eigenvalue weighted by atomic mass is 35.5. The summed E-state index contributed by atoms with van der Waals surface area (Å²) < 4.78 is 0. The van der Waals surface area contributed by atoms with Gasteiger partial charge in [0, 0.05) is 22.5 Å². The normalized spacial score (nSPS) is 21.7. The van der Waals surface area contributed by atoms with Gasteiger partial charge in [-0.25, -0.2) is 4.98 Å². The van der Waals surface area contributed by atoms with Crippen LogP contribution in [0.25, 0.3) is 0 Å².